The number of fused-ring (bicyclic) bond motifs is 4. The van der Waals surface area contributed by atoms with E-state index in [9.17, 15) is 4.79 Å². The van der Waals surface area contributed by atoms with E-state index in [0.29, 0.717) is 6.54 Å². The number of methoxy groups -OCH3 is 1. The summed E-state index contributed by atoms with van der Waals surface area (Å²) in [7, 11) is 1.66. The lowest BCUT2D eigenvalue weighted by molar-refractivity contribution is 0.415. The second kappa shape index (κ2) is 5.09. The van der Waals surface area contributed by atoms with Crippen LogP contribution in [0.15, 0.2) is 47.3 Å². The molecule has 1 aliphatic rings. The molecule has 0 unspecified atom stereocenters. The fourth-order valence-corrected chi connectivity index (χ4v) is 3.21. The number of aromatic nitrogens is 2. The zero-order chi connectivity index (χ0) is 16.0. The van der Waals surface area contributed by atoms with E-state index in [0.717, 1.165) is 39.2 Å². The van der Waals surface area contributed by atoms with Gasteiger partial charge in [-0.25, -0.2) is 4.98 Å². The van der Waals surface area contributed by atoms with Crippen LogP contribution in [0.1, 0.15) is 18.1 Å². The van der Waals surface area contributed by atoms with Gasteiger partial charge < -0.3 is 9.30 Å². The maximum absolute atomic E-state index is 12.1. The Hall–Kier alpha value is -2.88. The Kier molecular flexibility index (Phi) is 3.05. The zero-order valence-electron chi connectivity index (χ0n) is 13.0. The molecule has 0 saturated heterocycles. The Morgan fingerprint density at radius 2 is 2.13 bits per heavy atom. The van der Waals surface area contributed by atoms with Crippen LogP contribution >= 0.6 is 0 Å². The molecular weight excluding hydrogens is 288 g/mol. The van der Waals surface area contributed by atoms with E-state index < -0.39 is 0 Å². The fourth-order valence-electron chi connectivity index (χ4n) is 3.21. The minimum atomic E-state index is 0.00793. The first-order valence-corrected chi connectivity index (χ1v) is 7.56. The van der Waals surface area contributed by atoms with Crippen molar-refractivity contribution in [2.24, 2.45) is 0 Å². The maximum Gasteiger partial charge on any atom is 0.251 e. The highest BCUT2D eigenvalue weighted by Gasteiger charge is 2.24. The van der Waals surface area contributed by atoms with Crippen LogP contribution < -0.4 is 10.3 Å². The van der Waals surface area contributed by atoms with E-state index in [1.54, 1.807) is 23.8 Å². The number of hydrogen-bond acceptors (Lipinski definition) is 3. The van der Waals surface area contributed by atoms with Crippen LogP contribution in [0.3, 0.4) is 0 Å². The van der Waals surface area contributed by atoms with Crippen molar-refractivity contribution in [1.82, 2.24) is 9.55 Å². The molecule has 1 aromatic carbocycles. The lowest BCUT2D eigenvalue weighted by atomic mass is 10.00. The summed E-state index contributed by atoms with van der Waals surface area (Å²) in [5, 5.41) is 1.04. The van der Waals surface area contributed by atoms with Gasteiger partial charge in [0.05, 0.1) is 30.6 Å². The molecule has 0 amide bonds. The molecule has 2 aromatic heterocycles. The molecule has 0 N–H and O–H groups in total. The fraction of sp³-hybridized carbons (Fsp3) is 0.158. The molecular formula is C19H16N2O2. The van der Waals surface area contributed by atoms with Crippen molar-refractivity contribution in [3.8, 4) is 17.1 Å². The molecule has 4 nitrogen and oxygen atoms in total. The van der Waals surface area contributed by atoms with Crippen molar-refractivity contribution in [3.63, 3.8) is 0 Å². The van der Waals surface area contributed by atoms with Crippen molar-refractivity contribution < 1.29 is 4.74 Å². The summed E-state index contributed by atoms with van der Waals surface area (Å²) in [6.45, 7) is 2.55. The monoisotopic (exact) mass is 304 g/mol. The van der Waals surface area contributed by atoms with Gasteiger partial charge in [-0.3, -0.25) is 4.79 Å². The van der Waals surface area contributed by atoms with Crippen molar-refractivity contribution in [2.45, 2.75) is 13.5 Å². The molecule has 0 bridgehead atoms. The van der Waals surface area contributed by atoms with Crippen LogP contribution in [-0.4, -0.2) is 16.7 Å². The first-order valence-electron chi connectivity index (χ1n) is 7.56. The minimum absolute atomic E-state index is 0.00793. The van der Waals surface area contributed by atoms with Gasteiger partial charge in [0.1, 0.15) is 5.75 Å². The molecule has 0 aliphatic carbocycles. The lowest BCUT2D eigenvalue weighted by Gasteiger charge is -2.10. The normalized spacial score (nSPS) is 12.6. The van der Waals surface area contributed by atoms with Gasteiger partial charge in [-0.2, -0.15) is 0 Å². The Labute approximate surface area is 133 Å². The van der Waals surface area contributed by atoms with Crippen molar-refractivity contribution in [3.05, 3.63) is 64.0 Å². The summed E-state index contributed by atoms with van der Waals surface area (Å²) in [5.74, 6) is 0.803. The van der Waals surface area contributed by atoms with Crippen LogP contribution in [0, 0.1) is 0 Å². The molecule has 3 heterocycles. The van der Waals surface area contributed by atoms with Crippen LogP contribution in [0.2, 0.25) is 0 Å². The molecule has 114 valence electrons. The smallest absolute Gasteiger partial charge is 0.251 e. The zero-order valence-corrected chi connectivity index (χ0v) is 13.0. The van der Waals surface area contributed by atoms with E-state index in [1.807, 2.05) is 37.3 Å². The summed E-state index contributed by atoms with van der Waals surface area (Å²) in [6, 6.07) is 11.2. The Morgan fingerprint density at radius 1 is 1.26 bits per heavy atom. The summed E-state index contributed by atoms with van der Waals surface area (Å²) in [5.41, 5.74) is 4.89. The van der Waals surface area contributed by atoms with E-state index in [2.05, 4.69) is 6.08 Å². The summed E-state index contributed by atoms with van der Waals surface area (Å²) in [4.78, 5) is 16.9. The van der Waals surface area contributed by atoms with E-state index >= 15 is 0 Å². The molecule has 0 saturated carbocycles. The van der Waals surface area contributed by atoms with Gasteiger partial charge in [-0.05, 0) is 36.8 Å². The molecule has 3 aromatic rings. The highest BCUT2D eigenvalue weighted by Crippen LogP contribution is 2.36. The van der Waals surface area contributed by atoms with E-state index in [-0.39, 0.29) is 5.56 Å². The van der Waals surface area contributed by atoms with Gasteiger partial charge in [0, 0.05) is 17.0 Å². The van der Waals surface area contributed by atoms with Crippen LogP contribution in [-0.2, 0) is 6.54 Å². The average Bonchev–Trinajstić information content (AvgIpc) is 2.94. The van der Waals surface area contributed by atoms with Gasteiger partial charge in [0.15, 0.2) is 0 Å². The molecule has 4 heteroatoms. The van der Waals surface area contributed by atoms with Gasteiger partial charge >= 0.3 is 0 Å². The van der Waals surface area contributed by atoms with Gasteiger partial charge in [-0.15, -0.1) is 0 Å². The predicted octanol–water partition coefficient (Wildman–Crippen LogP) is 3.47. The molecule has 4 rings (SSSR count). The first-order chi connectivity index (χ1) is 11.2. The SMILES string of the molecule is C/C=C/c1c2c(nc3ccc(OC)cc13)-c1cccc(=O)n1C2. The van der Waals surface area contributed by atoms with Crippen LogP contribution in [0.25, 0.3) is 28.4 Å². The van der Waals surface area contributed by atoms with Crippen molar-refractivity contribution in [1.29, 1.82) is 0 Å². The predicted molar refractivity (Wildman–Crippen MR) is 91.8 cm³/mol. The lowest BCUT2D eigenvalue weighted by Crippen LogP contribution is -2.16. The second-order valence-electron chi connectivity index (χ2n) is 5.57. The standard InChI is InChI=1S/C19H16N2O2/c1-3-5-13-14-10-12(23-2)8-9-16(14)20-19-15(13)11-21-17(19)6-4-7-18(21)22/h3-10H,11H2,1-2H3/b5-3+. The Morgan fingerprint density at radius 3 is 2.91 bits per heavy atom. The van der Waals surface area contributed by atoms with Gasteiger partial charge in [-0.1, -0.05) is 18.2 Å². The molecule has 0 spiro atoms. The van der Waals surface area contributed by atoms with Crippen LogP contribution in [0.5, 0.6) is 5.75 Å². The Bertz CT molecular complexity index is 1020. The average molecular weight is 304 g/mol. The summed E-state index contributed by atoms with van der Waals surface area (Å²) < 4.78 is 7.13. The molecule has 0 atom stereocenters. The van der Waals surface area contributed by atoms with Crippen molar-refractivity contribution >= 4 is 17.0 Å². The third-order valence-corrected chi connectivity index (χ3v) is 4.28. The minimum Gasteiger partial charge on any atom is -0.497 e. The maximum atomic E-state index is 12.1. The third kappa shape index (κ3) is 1.99. The first kappa shape index (κ1) is 13.8. The Balaban J connectivity index is 2.10. The number of allylic oxidation sites excluding steroid dienone is 1. The molecule has 23 heavy (non-hydrogen) atoms. The third-order valence-electron chi connectivity index (χ3n) is 4.28. The number of benzene rings is 1. The number of pyridine rings is 2. The number of nitrogens with zero attached hydrogens (tertiary/aromatic N) is 2. The quantitative estimate of drug-likeness (QED) is 0.569. The summed E-state index contributed by atoms with van der Waals surface area (Å²) in [6.07, 6.45) is 4.10. The highest BCUT2D eigenvalue weighted by molar-refractivity contribution is 5.94. The van der Waals surface area contributed by atoms with Crippen LogP contribution in [0.4, 0.5) is 0 Å². The topological polar surface area (TPSA) is 44.1 Å². The molecule has 0 radical (unpaired) electrons. The number of hydrogen-bond donors (Lipinski definition) is 0. The number of ether oxygens (including phenoxy) is 1. The molecule has 1 aliphatic heterocycles. The highest BCUT2D eigenvalue weighted by atomic mass is 16.5. The summed E-state index contributed by atoms with van der Waals surface area (Å²) >= 11 is 0. The largest absolute Gasteiger partial charge is 0.497 e. The van der Waals surface area contributed by atoms with E-state index in [4.69, 9.17) is 9.72 Å². The van der Waals surface area contributed by atoms with Gasteiger partial charge in [0.2, 0.25) is 0 Å². The molecule has 0 fully saturated rings. The van der Waals surface area contributed by atoms with E-state index in [1.165, 1.54) is 0 Å². The van der Waals surface area contributed by atoms with Crippen molar-refractivity contribution in [2.75, 3.05) is 7.11 Å². The number of rotatable bonds is 2. The second-order valence-corrected chi connectivity index (χ2v) is 5.57. The van der Waals surface area contributed by atoms with Gasteiger partial charge in [0.25, 0.3) is 5.56 Å².